The Kier molecular flexibility index (Phi) is 9.98. The molecule has 0 fully saturated rings. The molecular weight excluding hydrogens is 472 g/mol. The van der Waals surface area contributed by atoms with Crippen molar-refractivity contribution >= 4 is 17.9 Å². The summed E-state index contributed by atoms with van der Waals surface area (Å²) in [6, 6.07) is 20.4. The lowest BCUT2D eigenvalue weighted by molar-refractivity contribution is -0.146. The Morgan fingerprint density at radius 3 is 1.62 bits per heavy atom. The smallest absolute Gasteiger partial charge is 0.343 e. The van der Waals surface area contributed by atoms with E-state index in [1.165, 1.54) is 0 Å². The highest BCUT2D eigenvalue weighted by molar-refractivity contribution is 5.91. The molecule has 2 atom stereocenters. The lowest BCUT2D eigenvalue weighted by Gasteiger charge is -2.12. The number of hydrogen-bond acceptors (Lipinski definition) is 7. The summed E-state index contributed by atoms with van der Waals surface area (Å²) in [5, 5.41) is 0. The van der Waals surface area contributed by atoms with Gasteiger partial charge in [-0.2, -0.15) is 0 Å². The molecule has 7 heteroatoms. The van der Waals surface area contributed by atoms with Crippen LogP contribution < -0.4 is 14.2 Å². The molecule has 0 aromatic heterocycles. The molecule has 0 bridgehead atoms. The second-order valence-electron chi connectivity index (χ2n) is 8.63. The van der Waals surface area contributed by atoms with Crippen LogP contribution in [0.1, 0.15) is 50.9 Å². The topological polar surface area (TPSA) is 88.1 Å². The maximum atomic E-state index is 12.6. The van der Waals surface area contributed by atoms with Gasteiger partial charge in [0.1, 0.15) is 17.2 Å². The van der Waals surface area contributed by atoms with Crippen LogP contribution in [0, 0.1) is 5.92 Å². The molecule has 0 unspecified atom stereocenters. The van der Waals surface area contributed by atoms with Gasteiger partial charge in [-0.15, -0.1) is 0 Å². The predicted octanol–water partition coefficient (Wildman–Crippen LogP) is 6.24. The van der Waals surface area contributed by atoms with Crippen LogP contribution in [0.3, 0.4) is 0 Å². The number of ether oxygens (including phenoxy) is 4. The van der Waals surface area contributed by atoms with E-state index >= 15 is 0 Å². The normalized spacial score (nSPS) is 12.3. The van der Waals surface area contributed by atoms with Crippen molar-refractivity contribution < 1.29 is 33.3 Å². The van der Waals surface area contributed by atoms with E-state index in [2.05, 4.69) is 0 Å². The fourth-order valence-corrected chi connectivity index (χ4v) is 3.20. The van der Waals surface area contributed by atoms with E-state index in [1.54, 1.807) is 55.5 Å². The molecule has 0 aliphatic carbocycles. The monoisotopic (exact) mass is 504 g/mol. The molecule has 0 saturated carbocycles. The summed E-state index contributed by atoms with van der Waals surface area (Å²) in [5.41, 5.74) is 2.18. The second-order valence-corrected chi connectivity index (χ2v) is 8.63. The average Bonchev–Trinajstić information content (AvgIpc) is 2.92. The van der Waals surface area contributed by atoms with E-state index in [4.69, 9.17) is 18.9 Å². The van der Waals surface area contributed by atoms with Crippen LogP contribution in [0.15, 0.2) is 72.8 Å². The van der Waals surface area contributed by atoms with Crippen LogP contribution in [0.4, 0.5) is 0 Å². The summed E-state index contributed by atoms with van der Waals surface area (Å²) < 4.78 is 21.5. The van der Waals surface area contributed by atoms with Crippen LogP contribution in [0.5, 0.6) is 17.2 Å². The number of carbonyl (C=O) groups excluding carboxylic acids is 3. The molecule has 7 nitrogen and oxygen atoms in total. The van der Waals surface area contributed by atoms with Crippen molar-refractivity contribution in [1.29, 1.82) is 0 Å². The van der Waals surface area contributed by atoms with E-state index in [0.717, 1.165) is 17.5 Å². The van der Waals surface area contributed by atoms with Crippen LogP contribution in [-0.4, -0.2) is 30.6 Å². The summed E-state index contributed by atoms with van der Waals surface area (Å²) in [4.78, 5) is 36.5. The minimum Gasteiger partial charge on any atom is -0.426 e. The lowest BCUT2D eigenvalue weighted by atomic mass is 10.0. The van der Waals surface area contributed by atoms with Crippen molar-refractivity contribution in [3.63, 3.8) is 0 Å². The maximum absolute atomic E-state index is 12.6. The first-order chi connectivity index (χ1) is 17.8. The molecule has 3 aromatic rings. The minimum atomic E-state index is -0.628. The van der Waals surface area contributed by atoms with Crippen molar-refractivity contribution in [1.82, 2.24) is 0 Å². The summed E-state index contributed by atoms with van der Waals surface area (Å²) in [6.07, 6.45) is 0.896. The quantitative estimate of drug-likeness (QED) is 0.225. The number of rotatable bonds is 11. The van der Waals surface area contributed by atoms with Crippen LogP contribution in [0.2, 0.25) is 0 Å². The summed E-state index contributed by atoms with van der Waals surface area (Å²) in [5.74, 6) is -0.249. The molecule has 0 aliphatic rings. The molecular formula is C30H32O7. The van der Waals surface area contributed by atoms with Gasteiger partial charge in [0, 0.05) is 6.61 Å². The largest absolute Gasteiger partial charge is 0.426 e. The standard InChI is InChI=1S/C30H32O7/c1-5-19-34-21(4)29(32)36-25-13-11-23(12-14-25)22-7-9-24(10-8-22)30(33)37-27-17-15-26(16-18-27)35-28(31)20(3)6-2/h7-18,20-21H,5-6,19H2,1-4H3/t20-,21-/m0/s1. The molecule has 0 amide bonds. The van der Waals surface area contributed by atoms with Crippen molar-refractivity contribution in [3.05, 3.63) is 78.4 Å². The van der Waals surface area contributed by atoms with E-state index in [9.17, 15) is 14.4 Å². The minimum absolute atomic E-state index is 0.185. The molecule has 0 N–H and O–H groups in total. The van der Waals surface area contributed by atoms with Gasteiger partial charge in [-0.05, 0) is 79.4 Å². The van der Waals surface area contributed by atoms with Crippen molar-refractivity contribution in [2.45, 2.75) is 46.6 Å². The zero-order valence-corrected chi connectivity index (χ0v) is 21.6. The zero-order valence-electron chi connectivity index (χ0n) is 21.6. The van der Waals surface area contributed by atoms with Crippen LogP contribution in [0.25, 0.3) is 11.1 Å². The third kappa shape index (κ3) is 8.02. The fourth-order valence-electron chi connectivity index (χ4n) is 3.20. The number of hydrogen-bond donors (Lipinski definition) is 0. The summed E-state index contributed by atoms with van der Waals surface area (Å²) in [6.45, 7) is 7.87. The third-order valence-corrected chi connectivity index (χ3v) is 5.70. The van der Waals surface area contributed by atoms with E-state index in [-0.39, 0.29) is 11.9 Å². The molecule has 0 aliphatic heterocycles. The Balaban J connectivity index is 1.56. The molecule has 0 radical (unpaired) electrons. The highest BCUT2D eigenvalue weighted by Crippen LogP contribution is 2.24. The first kappa shape index (κ1) is 27.6. The van der Waals surface area contributed by atoms with Gasteiger partial charge in [0.25, 0.3) is 0 Å². The fraction of sp³-hybridized carbons (Fsp3) is 0.300. The number of esters is 3. The summed E-state index contributed by atoms with van der Waals surface area (Å²) in [7, 11) is 0. The van der Waals surface area contributed by atoms with E-state index in [1.807, 2.05) is 45.0 Å². The van der Waals surface area contributed by atoms with Gasteiger partial charge < -0.3 is 18.9 Å². The second kappa shape index (κ2) is 13.4. The van der Waals surface area contributed by atoms with Gasteiger partial charge >= 0.3 is 17.9 Å². The van der Waals surface area contributed by atoms with Gasteiger partial charge in [-0.25, -0.2) is 9.59 Å². The first-order valence-corrected chi connectivity index (χ1v) is 12.4. The third-order valence-electron chi connectivity index (χ3n) is 5.70. The Hall–Kier alpha value is -3.97. The van der Waals surface area contributed by atoms with E-state index in [0.29, 0.717) is 35.8 Å². The molecule has 194 valence electrons. The Labute approximate surface area is 217 Å². The van der Waals surface area contributed by atoms with Gasteiger partial charge in [-0.3, -0.25) is 4.79 Å². The SMILES string of the molecule is CCCO[C@@H](C)C(=O)Oc1ccc(-c2ccc(C(=O)Oc3ccc(OC(=O)[C@@H](C)CC)cc3)cc2)cc1. The van der Waals surface area contributed by atoms with Gasteiger partial charge in [0.15, 0.2) is 6.10 Å². The average molecular weight is 505 g/mol. The maximum Gasteiger partial charge on any atom is 0.343 e. The molecule has 37 heavy (non-hydrogen) atoms. The molecule has 3 aromatic carbocycles. The predicted molar refractivity (Wildman–Crippen MR) is 140 cm³/mol. The van der Waals surface area contributed by atoms with Crippen molar-refractivity contribution in [3.8, 4) is 28.4 Å². The highest BCUT2D eigenvalue weighted by atomic mass is 16.6. The van der Waals surface area contributed by atoms with Gasteiger partial charge in [0.2, 0.25) is 0 Å². The molecule has 0 heterocycles. The lowest BCUT2D eigenvalue weighted by Crippen LogP contribution is -2.26. The number of carbonyl (C=O) groups is 3. The number of benzene rings is 3. The van der Waals surface area contributed by atoms with E-state index < -0.39 is 18.0 Å². The summed E-state index contributed by atoms with van der Waals surface area (Å²) >= 11 is 0. The zero-order chi connectivity index (χ0) is 26.8. The van der Waals surface area contributed by atoms with Crippen molar-refractivity contribution in [2.75, 3.05) is 6.61 Å². The first-order valence-electron chi connectivity index (χ1n) is 12.4. The van der Waals surface area contributed by atoms with Crippen LogP contribution in [-0.2, 0) is 14.3 Å². The Morgan fingerprint density at radius 1 is 0.649 bits per heavy atom. The van der Waals surface area contributed by atoms with Crippen LogP contribution >= 0.6 is 0 Å². The Bertz CT molecular complexity index is 1180. The highest BCUT2D eigenvalue weighted by Gasteiger charge is 2.16. The molecule has 0 spiro atoms. The Morgan fingerprint density at radius 2 is 1.11 bits per heavy atom. The van der Waals surface area contributed by atoms with Crippen molar-refractivity contribution in [2.24, 2.45) is 5.92 Å². The van der Waals surface area contributed by atoms with Gasteiger partial charge in [-0.1, -0.05) is 45.0 Å². The molecule has 0 saturated heterocycles. The molecule has 3 rings (SSSR count). The van der Waals surface area contributed by atoms with Gasteiger partial charge in [0.05, 0.1) is 11.5 Å².